The van der Waals surface area contributed by atoms with E-state index in [9.17, 15) is 4.79 Å². The Bertz CT molecular complexity index is 185. The molecule has 0 radical (unpaired) electrons. The number of hydrogen-bond acceptors (Lipinski definition) is 2. The van der Waals surface area contributed by atoms with Crippen molar-refractivity contribution in [1.82, 2.24) is 0 Å². The minimum Gasteiger partial charge on any atom is -0.481 e. The number of nitrogens with zero attached hydrogens (tertiary/aromatic N) is 1. The lowest BCUT2D eigenvalue weighted by atomic mass is 10.4. The number of aliphatic imine (C=N–C) groups is 1. The normalized spacial score (nSPS) is 29.2. The molecule has 0 heterocycles. The molecule has 0 spiro atoms. The second-order valence-corrected chi connectivity index (χ2v) is 2.30. The standard InChI is InChI=1S/C5H9N3O2/c6-5(7)8-3-1-2(3)4(9)10/h2-3H,1H2,(H,9,10)(H4,6,7,8)/t2-,3-/m0/s1. The molecule has 1 saturated carbocycles. The quantitative estimate of drug-likeness (QED) is 0.331. The average molecular weight is 143 g/mol. The predicted molar refractivity (Wildman–Crippen MR) is 35.3 cm³/mol. The third-order valence-electron chi connectivity index (χ3n) is 1.39. The molecular formula is C5H9N3O2. The summed E-state index contributed by atoms with van der Waals surface area (Å²) in [6.07, 6.45) is 0.563. The molecule has 5 nitrogen and oxygen atoms in total. The first-order chi connectivity index (χ1) is 4.61. The van der Waals surface area contributed by atoms with Gasteiger partial charge < -0.3 is 16.6 Å². The molecule has 5 N–H and O–H groups in total. The van der Waals surface area contributed by atoms with Gasteiger partial charge in [0.05, 0.1) is 12.0 Å². The average Bonchev–Trinajstić information content (AvgIpc) is 2.43. The number of carboxylic acid groups (broad SMARTS) is 1. The lowest BCUT2D eigenvalue weighted by molar-refractivity contribution is -0.138. The molecule has 56 valence electrons. The number of guanidine groups is 1. The van der Waals surface area contributed by atoms with Crippen LogP contribution in [0.3, 0.4) is 0 Å². The Morgan fingerprint density at radius 3 is 2.50 bits per heavy atom. The third-order valence-corrected chi connectivity index (χ3v) is 1.39. The zero-order valence-electron chi connectivity index (χ0n) is 5.32. The Morgan fingerprint density at radius 1 is 1.60 bits per heavy atom. The van der Waals surface area contributed by atoms with Crippen LogP contribution in [-0.2, 0) is 4.79 Å². The van der Waals surface area contributed by atoms with Gasteiger partial charge in [0, 0.05) is 0 Å². The maximum Gasteiger partial charge on any atom is 0.308 e. The highest BCUT2D eigenvalue weighted by Gasteiger charge is 2.43. The summed E-state index contributed by atoms with van der Waals surface area (Å²) in [6.45, 7) is 0. The third kappa shape index (κ3) is 1.37. The van der Waals surface area contributed by atoms with E-state index in [0.717, 1.165) is 0 Å². The molecule has 2 atom stereocenters. The van der Waals surface area contributed by atoms with Crippen LogP contribution in [0.15, 0.2) is 4.99 Å². The van der Waals surface area contributed by atoms with Gasteiger partial charge in [0.15, 0.2) is 5.96 Å². The fraction of sp³-hybridized carbons (Fsp3) is 0.600. The number of carbonyl (C=O) groups is 1. The lowest BCUT2D eigenvalue weighted by Crippen LogP contribution is -2.23. The zero-order valence-corrected chi connectivity index (χ0v) is 5.32. The first-order valence-corrected chi connectivity index (χ1v) is 2.93. The molecule has 0 aromatic rings. The molecule has 5 heteroatoms. The first kappa shape index (κ1) is 6.85. The van der Waals surface area contributed by atoms with E-state index in [-0.39, 0.29) is 17.9 Å². The van der Waals surface area contributed by atoms with Gasteiger partial charge in [-0.15, -0.1) is 0 Å². The first-order valence-electron chi connectivity index (χ1n) is 2.93. The van der Waals surface area contributed by atoms with Gasteiger partial charge in [0.1, 0.15) is 0 Å². The Morgan fingerprint density at radius 2 is 2.20 bits per heavy atom. The van der Waals surface area contributed by atoms with E-state index in [1.807, 2.05) is 0 Å². The monoisotopic (exact) mass is 143 g/mol. The maximum absolute atomic E-state index is 10.2. The molecule has 1 aliphatic carbocycles. The Balaban J connectivity index is 2.40. The molecule has 0 saturated heterocycles. The fourth-order valence-corrected chi connectivity index (χ4v) is 0.781. The summed E-state index contributed by atoms with van der Waals surface area (Å²) in [4.78, 5) is 13.9. The molecule has 0 unspecified atom stereocenters. The van der Waals surface area contributed by atoms with Crippen molar-refractivity contribution >= 4 is 11.9 Å². The van der Waals surface area contributed by atoms with Crippen molar-refractivity contribution in [2.45, 2.75) is 12.5 Å². The van der Waals surface area contributed by atoms with Gasteiger partial charge in [0.2, 0.25) is 0 Å². The molecule has 0 aliphatic heterocycles. The van der Waals surface area contributed by atoms with E-state index in [1.54, 1.807) is 0 Å². The van der Waals surface area contributed by atoms with Gasteiger partial charge in [-0.1, -0.05) is 0 Å². The fourth-order valence-electron chi connectivity index (χ4n) is 0.781. The molecule has 0 bridgehead atoms. The minimum absolute atomic E-state index is 0.0336. The van der Waals surface area contributed by atoms with Crippen molar-refractivity contribution in [3.8, 4) is 0 Å². The Labute approximate surface area is 57.7 Å². The number of rotatable bonds is 2. The molecule has 1 aliphatic rings. The highest BCUT2D eigenvalue weighted by molar-refractivity contribution is 5.79. The number of carboxylic acids is 1. The Hall–Kier alpha value is -1.26. The summed E-state index contributed by atoms with van der Waals surface area (Å²) in [7, 11) is 0. The van der Waals surface area contributed by atoms with E-state index in [2.05, 4.69) is 4.99 Å². The van der Waals surface area contributed by atoms with Crippen molar-refractivity contribution in [1.29, 1.82) is 0 Å². The van der Waals surface area contributed by atoms with Crippen LogP contribution in [0.5, 0.6) is 0 Å². The molecule has 1 rings (SSSR count). The molecule has 0 amide bonds. The summed E-state index contributed by atoms with van der Waals surface area (Å²) < 4.78 is 0. The maximum atomic E-state index is 10.2. The molecule has 10 heavy (non-hydrogen) atoms. The molecule has 1 fully saturated rings. The van der Waals surface area contributed by atoms with Crippen LogP contribution in [0.25, 0.3) is 0 Å². The molecule has 0 aromatic carbocycles. The van der Waals surface area contributed by atoms with Gasteiger partial charge in [-0.05, 0) is 6.42 Å². The summed E-state index contributed by atoms with van der Waals surface area (Å²) in [5.41, 5.74) is 10.1. The van der Waals surface area contributed by atoms with Crippen molar-refractivity contribution in [2.75, 3.05) is 0 Å². The van der Waals surface area contributed by atoms with E-state index in [4.69, 9.17) is 16.6 Å². The SMILES string of the molecule is NC(N)=N[C@H]1C[C@@H]1C(=O)O. The topological polar surface area (TPSA) is 102 Å². The van der Waals surface area contributed by atoms with E-state index >= 15 is 0 Å². The van der Waals surface area contributed by atoms with Gasteiger partial charge in [-0.3, -0.25) is 4.79 Å². The van der Waals surface area contributed by atoms with E-state index in [0.29, 0.717) is 6.42 Å². The smallest absolute Gasteiger partial charge is 0.308 e. The van der Waals surface area contributed by atoms with Crippen LogP contribution in [-0.4, -0.2) is 23.1 Å². The van der Waals surface area contributed by atoms with Crippen LogP contribution < -0.4 is 11.5 Å². The predicted octanol–water partition coefficient (Wildman–Crippen LogP) is -1.27. The number of hydrogen-bond donors (Lipinski definition) is 3. The number of nitrogens with two attached hydrogens (primary N) is 2. The summed E-state index contributed by atoms with van der Waals surface area (Å²) in [5, 5.41) is 8.39. The van der Waals surface area contributed by atoms with Crippen LogP contribution in [0.4, 0.5) is 0 Å². The van der Waals surface area contributed by atoms with Gasteiger partial charge in [-0.25, -0.2) is 4.99 Å². The van der Waals surface area contributed by atoms with Crippen molar-refractivity contribution in [2.24, 2.45) is 22.4 Å². The van der Waals surface area contributed by atoms with Crippen molar-refractivity contribution in [3.05, 3.63) is 0 Å². The van der Waals surface area contributed by atoms with E-state index in [1.165, 1.54) is 0 Å². The second-order valence-electron chi connectivity index (χ2n) is 2.30. The molecule has 0 aromatic heterocycles. The van der Waals surface area contributed by atoms with Crippen molar-refractivity contribution in [3.63, 3.8) is 0 Å². The number of aliphatic carboxylic acids is 1. The van der Waals surface area contributed by atoms with Gasteiger partial charge in [-0.2, -0.15) is 0 Å². The summed E-state index contributed by atoms with van der Waals surface area (Å²) in [6, 6.07) is -0.178. The highest BCUT2D eigenvalue weighted by Crippen LogP contribution is 2.33. The van der Waals surface area contributed by atoms with Crippen molar-refractivity contribution < 1.29 is 9.90 Å². The van der Waals surface area contributed by atoms with E-state index < -0.39 is 5.97 Å². The largest absolute Gasteiger partial charge is 0.481 e. The highest BCUT2D eigenvalue weighted by atomic mass is 16.4. The zero-order chi connectivity index (χ0) is 7.72. The van der Waals surface area contributed by atoms with Gasteiger partial charge in [0.25, 0.3) is 0 Å². The van der Waals surface area contributed by atoms with Crippen LogP contribution in [0.1, 0.15) is 6.42 Å². The lowest BCUT2D eigenvalue weighted by Gasteiger charge is -1.88. The van der Waals surface area contributed by atoms with Crippen LogP contribution >= 0.6 is 0 Å². The Kier molecular flexibility index (Phi) is 1.48. The van der Waals surface area contributed by atoms with Crippen LogP contribution in [0, 0.1) is 5.92 Å². The van der Waals surface area contributed by atoms with Crippen LogP contribution in [0.2, 0.25) is 0 Å². The second kappa shape index (κ2) is 2.17. The van der Waals surface area contributed by atoms with Gasteiger partial charge >= 0.3 is 5.97 Å². The summed E-state index contributed by atoms with van der Waals surface area (Å²) >= 11 is 0. The molecular weight excluding hydrogens is 134 g/mol. The minimum atomic E-state index is -0.824. The summed E-state index contributed by atoms with van der Waals surface area (Å²) in [5.74, 6) is -1.22.